The molecule has 0 saturated heterocycles. The SMILES string of the molecule is COc1cccc(Cl)c1CNC(=O)Nc1ccn(CCC#N)n1. The van der Waals surface area contributed by atoms with Crippen molar-refractivity contribution in [3.63, 3.8) is 0 Å². The van der Waals surface area contributed by atoms with E-state index in [0.717, 1.165) is 0 Å². The summed E-state index contributed by atoms with van der Waals surface area (Å²) in [5.74, 6) is 1.02. The van der Waals surface area contributed by atoms with Gasteiger partial charge in [0.2, 0.25) is 0 Å². The monoisotopic (exact) mass is 333 g/mol. The molecule has 0 fully saturated rings. The minimum Gasteiger partial charge on any atom is -0.496 e. The Labute approximate surface area is 138 Å². The lowest BCUT2D eigenvalue weighted by atomic mass is 10.2. The number of benzene rings is 1. The van der Waals surface area contributed by atoms with Crippen LogP contribution in [0.5, 0.6) is 5.75 Å². The van der Waals surface area contributed by atoms with Crippen LogP contribution in [0, 0.1) is 11.3 Å². The number of hydrogen-bond acceptors (Lipinski definition) is 4. The lowest BCUT2D eigenvalue weighted by Crippen LogP contribution is -2.28. The first-order valence-electron chi connectivity index (χ1n) is 6.90. The average molecular weight is 334 g/mol. The molecule has 0 unspecified atom stereocenters. The van der Waals surface area contributed by atoms with Crippen LogP contribution < -0.4 is 15.4 Å². The first-order valence-corrected chi connectivity index (χ1v) is 7.28. The number of anilines is 1. The molecule has 0 aliphatic rings. The van der Waals surface area contributed by atoms with Crippen molar-refractivity contribution in [1.29, 1.82) is 5.26 Å². The molecule has 0 radical (unpaired) electrons. The minimum atomic E-state index is -0.405. The molecule has 0 aliphatic heterocycles. The maximum absolute atomic E-state index is 11.9. The van der Waals surface area contributed by atoms with E-state index < -0.39 is 6.03 Å². The van der Waals surface area contributed by atoms with Crippen LogP contribution in [0.25, 0.3) is 0 Å². The molecular weight excluding hydrogens is 318 g/mol. The summed E-state index contributed by atoms with van der Waals surface area (Å²) >= 11 is 6.11. The van der Waals surface area contributed by atoms with Crippen molar-refractivity contribution in [2.24, 2.45) is 0 Å². The first kappa shape index (κ1) is 16.6. The van der Waals surface area contributed by atoms with Crippen molar-refractivity contribution in [3.8, 4) is 11.8 Å². The van der Waals surface area contributed by atoms with Crippen LogP contribution in [0.3, 0.4) is 0 Å². The van der Waals surface area contributed by atoms with E-state index in [2.05, 4.69) is 15.7 Å². The smallest absolute Gasteiger partial charge is 0.320 e. The third-order valence-corrected chi connectivity index (χ3v) is 3.41. The number of nitriles is 1. The Morgan fingerprint density at radius 2 is 2.30 bits per heavy atom. The normalized spacial score (nSPS) is 9.96. The number of aromatic nitrogens is 2. The first-order chi connectivity index (χ1) is 11.1. The molecule has 2 N–H and O–H groups in total. The molecule has 1 aromatic carbocycles. The molecular formula is C15H16ClN5O2. The van der Waals surface area contributed by atoms with Crippen LogP contribution in [0.4, 0.5) is 10.6 Å². The van der Waals surface area contributed by atoms with Crippen molar-refractivity contribution in [3.05, 3.63) is 41.0 Å². The van der Waals surface area contributed by atoms with E-state index in [0.29, 0.717) is 35.1 Å². The summed E-state index contributed by atoms with van der Waals surface area (Å²) in [5.41, 5.74) is 0.700. The summed E-state index contributed by atoms with van der Waals surface area (Å²) in [5, 5.41) is 18.5. The fourth-order valence-electron chi connectivity index (χ4n) is 1.95. The van der Waals surface area contributed by atoms with Gasteiger partial charge in [0.05, 0.1) is 26.1 Å². The molecule has 0 atom stereocenters. The van der Waals surface area contributed by atoms with Crippen LogP contribution in [0.1, 0.15) is 12.0 Å². The molecule has 1 aromatic heterocycles. The zero-order valence-electron chi connectivity index (χ0n) is 12.5. The second kappa shape index (κ2) is 8.06. The molecule has 2 aromatic rings. The molecule has 0 aliphatic carbocycles. The highest BCUT2D eigenvalue weighted by Crippen LogP contribution is 2.25. The summed E-state index contributed by atoms with van der Waals surface area (Å²) in [7, 11) is 1.54. The number of carbonyl (C=O) groups is 1. The van der Waals surface area contributed by atoms with Crippen LogP contribution in [-0.2, 0) is 13.1 Å². The molecule has 23 heavy (non-hydrogen) atoms. The van der Waals surface area contributed by atoms with Gasteiger partial charge in [-0.2, -0.15) is 10.4 Å². The van der Waals surface area contributed by atoms with Crippen LogP contribution >= 0.6 is 11.6 Å². The van der Waals surface area contributed by atoms with Gasteiger partial charge in [0.1, 0.15) is 5.75 Å². The van der Waals surface area contributed by atoms with Gasteiger partial charge >= 0.3 is 6.03 Å². The van der Waals surface area contributed by atoms with Crippen LogP contribution in [0.2, 0.25) is 5.02 Å². The van der Waals surface area contributed by atoms with Gasteiger partial charge in [-0.05, 0) is 12.1 Å². The number of nitrogens with zero attached hydrogens (tertiary/aromatic N) is 3. The van der Waals surface area contributed by atoms with Gasteiger partial charge in [0.25, 0.3) is 0 Å². The number of carbonyl (C=O) groups excluding carboxylic acids is 1. The number of amides is 2. The van der Waals surface area contributed by atoms with Gasteiger partial charge in [-0.15, -0.1) is 0 Å². The summed E-state index contributed by atoms with van der Waals surface area (Å²) in [6.07, 6.45) is 2.06. The summed E-state index contributed by atoms with van der Waals surface area (Å²) in [6, 6.07) is 8.57. The lowest BCUT2D eigenvalue weighted by molar-refractivity contribution is 0.251. The molecule has 1 heterocycles. The van der Waals surface area contributed by atoms with Crippen molar-refractivity contribution >= 4 is 23.4 Å². The molecule has 0 bridgehead atoms. The van der Waals surface area contributed by atoms with E-state index in [1.807, 2.05) is 6.07 Å². The Morgan fingerprint density at radius 3 is 3.04 bits per heavy atom. The van der Waals surface area contributed by atoms with E-state index in [-0.39, 0.29) is 6.54 Å². The zero-order chi connectivity index (χ0) is 16.7. The molecule has 2 amide bonds. The van der Waals surface area contributed by atoms with Crippen LogP contribution in [0.15, 0.2) is 30.5 Å². The number of aryl methyl sites for hydroxylation is 1. The van der Waals surface area contributed by atoms with E-state index in [1.54, 1.807) is 42.3 Å². The predicted molar refractivity (Wildman–Crippen MR) is 86.3 cm³/mol. The van der Waals surface area contributed by atoms with E-state index in [9.17, 15) is 4.79 Å². The highest BCUT2D eigenvalue weighted by atomic mass is 35.5. The van der Waals surface area contributed by atoms with E-state index in [4.69, 9.17) is 21.6 Å². The van der Waals surface area contributed by atoms with E-state index in [1.165, 1.54) is 0 Å². The third kappa shape index (κ3) is 4.63. The van der Waals surface area contributed by atoms with Gasteiger partial charge < -0.3 is 10.1 Å². The fraction of sp³-hybridized carbons (Fsp3) is 0.267. The van der Waals surface area contributed by atoms with E-state index >= 15 is 0 Å². The molecule has 0 saturated carbocycles. The highest BCUT2D eigenvalue weighted by Gasteiger charge is 2.10. The number of nitrogens with one attached hydrogen (secondary N) is 2. The van der Waals surface area contributed by atoms with Crippen molar-refractivity contribution in [2.45, 2.75) is 19.5 Å². The molecule has 120 valence electrons. The Balaban J connectivity index is 1.91. The number of rotatable bonds is 6. The molecule has 2 rings (SSSR count). The van der Waals surface area contributed by atoms with Crippen molar-refractivity contribution in [2.75, 3.05) is 12.4 Å². The van der Waals surface area contributed by atoms with Gasteiger partial charge in [-0.1, -0.05) is 17.7 Å². The Kier molecular flexibility index (Phi) is 5.83. The maximum atomic E-state index is 11.9. The lowest BCUT2D eigenvalue weighted by Gasteiger charge is -2.11. The molecule has 0 spiro atoms. The fourth-order valence-corrected chi connectivity index (χ4v) is 2.18. The summed E-state index contributed by atoms with van der Waals surface area (Å²) in [6.45, 7) is 0.709. The standard InChI is InChI=1S/C15H16ClN5O2/c1-23-13-5-2-4-12(16)11(13)10-18-15(22)19-14-6-9-21(20-14)8-3-7-17/h2,4-6,9H,3,8,10H2,1H3,(H2,18,19,20,22). The number of ether oxygens (including phenoxy) is 1. The second-order valence-electron chi connectivity index (χ2n) is 4.60. The van der Waals surface area contributed by atoms with Gasteiger partial charge in [0.15, 0.2) is 5.82 Å². The van der Waals surface area contributed by atoms with Gasteiger partial charge in [-0.25, -0.2) is 4.79 Å². The molecule has 8 heteroatoms. The maximum Gasteiger partial charge on any atom is 0.320 e. The zero-order valence-corrected chi connectivity index (χ0v) is 13.3. The predicted octanol–water partition coefficient (Wildman–Crippen LogP) is 2.78. The van der Waals surface area contributed by atoms with Crippen molar-refractivity contribution in [1.82, 2.24) is 15.1 Å². The second-order valence-corrected chi connectivity index (χ2v) is 5.01. The number of hydrogen-bond donors (Lipinski definition) is 2. The van der Waals surface area contributed by atoms with Gasteiger partial charge in [0, 0.05) is 29.4 Å². The van der Waals surface area contributed by atoms with Crippen molar-refractivity contribution < 1.29 is 9.53 Å². The topological polar surface area (TPSA) is 92.0 Å². The van der Waals surface area contributed by atoms with Gasteiger partial charge in [-0.3, -0.25) is 10.00 Å². The summed E-state index contributed by atoms with van der Waals surface area (Å²) < 4.78 is 6.81. The van der Waals surface area contributed by atoms with Crippen LogP contribution in [-0.4, -0.2) is 22.9 Å². The quantitative estimate of drug-likeness (QED) is 0.850. The number of methoxy groups -OCH3 is 1. The highest BCUT2D eigenvalue weighted by molar-refractivity contribution is 6.31. The number of urea groups is 1. The average Bonchev–Trinajstić information content (AvgIpc) is 2.98. The Morgan fingerprint density at radius 1 is 1.48 bits per heavy atom. The summed E-state index contributed by atoms with van der Waals surface area (Å²) in [4.78, 5) is 11.9. The largest absolute Gasteiger partial charge is 0.496 e. The Hall–Kier alpha value is -2.72. The number of halogens is 1. The molecule has 7 nitrogen and oxygen atoms in total. The Bertz CT molecular complexity index is 723. The third-order valence-electron chi connectivity index (χ3n) is 3.06. The minimum absolute atomic E-state index is 0.226.